The predicted molar refractivity (Wildman–Crippen MR) is 137 cm³/mol. The lowest BCUT2D eigenvalue weighted by Gasteiger charge is -2.10. The first-order chi connectivity index (χ1) is 16.7. The minimum absolute atomic E-state index is 0.291. The molecule has 5 rings (SSSR count). The molecule has 0 atom stereocenters. The predicted octanol–water partition coefficient (Wildman–Crippen LogP) is 6.51. The number of thiophene rings is 1. The first-order valence-electron chi connectivity index (χ1n) is 11.2. The second kappa shape index (κ2) is 9.84. The molecule has 0 unspecified atom stereocenters. The van der Waals surface area contributed by atoms with Crippen molar-refractivity contribution in [3.8, 4) is 22.0 Å². The van der Waals surface area contributed by atoms with Gasteiger partial charge in [-0.1, -0.05) is 43.7 Å². The van der Waals surface area contributed by atoms with E-state index in [1.54, 1.807) is 15.9 Å². The molecule has 2 N–H and O–H groups in total. The quantitative estimate of drug-likeness (QED) is 0.285. The summed E-state index contributed by atoms with van der Waals surface area (Å²) in [4.78, 5) is 13.5. The molecule has 3 aromatic heterocycles. The molecule has 0 saturated heterocycles. The standard InChI is InChI=1S/C26H24N6OS/c1-2-3-6-18-10-12-20(13-11-18)27-26(33)28-21-8-4-7-19(17-21)22-14-15-24-29-30-25(32(24)31-22)23-9-5-16-34-23/h4-5,7-17H,2-3,6H2,1H3,(H2,27,28,33). The van der Waals surface area contributed by atoms with Crippen LogP contribution in [0.4, 0.5) is 16.2 Å². The van der Waals surface area contributed by atoms with E-state index in [1.165, 1.54) is 12.0 Å². The Morgan fingerprint density at radius 3 is 2.59 bits per heavy atom. The number of nitrogens with one attached hydrogen (secondary N) is 2. The van der Waals surface area contributed by atoms with Crippen molar-refractivity contribution in [1.29, 1.82) is 0 Å². The van der Waals surface area contributed by atoms with E-state index in [4.69, 9.17) is 5.10 Å². The second-order valence-electron chi connectivity index (χ2n) is 7.95. The first-order valence-corrected chi connectivity index (χ1v) is 12.1. The molecular formula is C26H24N6OS. The van der Waals surface area contributed by atoms with Gasteiger partial charge in [0.15, 0.2) is 11.5 Å². The molecule has 3 heterocycles. The number of aromatic nitrogens is 4. The van der Waals surface area contributed by atoms with E-state index in [9.17, 15) is 4.79 Å². The van der Waals surface area contributed by atoms with E-state index in [0.29, 0.717) is 17.2 Å². The van der Waals surface area contributed by atoms with Crippen LogP contribution in [0.15, 0.2) is 78.2 Å². The molecule has 170 valence electrons. The van der Waals surface area contributed by atoms with E-state index in [2.05, 4.69) is 39.9 Å². The molecule has 7 nitrogen and oxygen atoms in total. The van der Waals surface area contributed by atoms with Crippen LogP contribution in [0.2, 0.25) is 0 Å². The zero-order valence-corrected chi connectivity index (χ0v) is 19.5. The van der Waals surface area contributed by atoms with E-state index in [0.717, 1.165) is 34.7 Å². The van der Waals surface area contributed by atoms with Gasteiger partial charge >= 0.3 is 6.03 Å². The molecule has 34 heavy (non-hydrogen) atoms. The number of unbranched alkanes of at least 4 members (excludes halogenated alkanes) is 1. The minimum Gasteiger partial charge on any atom is -0.308 e. The molecule has 0 aliphatic heterocycles. The Morgan fingerprint density at radius 2 is 1.79 bits per heavy atom. The van der Waals surface area contributed by atoms with Crippen LogP contribution in [0.5, 0.6) is 0 Å². The molecule has 0 aliphatic carbocycles. The third-order valence-electron chi connectivity index (χ3n) is 5.45. The number of hydrogen-bond acceptors (Lipinski definition) is 5. The van der Waals surface area contributed by atoms with Gasteiger partial charge in [-0.25, -0.2) is 4.79 Å². The average Bonchev–Trinajstić information content (AvgIpc) is 3.53. The fraction of sp³-hybridized carbons (Fsp3) is 0.154. The van der Waals surface area contributed by atoms with Gasteiger partial charge in [0.2, 0.25) is 0 Å². The van der Waals surface area contributed by atoms with Crippen molar-refractivity contribution >= 4 is 34.4 Å². The van der Waals surface area contributed by atoms with Gasteiger partial charge in [-0.05, 0) is 66.2 Å². The van der Waals surface area contributed by atoms with Crippen LogP contribution in [-0.2, 0) is 6.42 Å². The van der Waals surface area contributed by atoms with Gasteiger partial charge in [-0.15, -0.1) is 21.5 Å². The first kappa shape index (κ1) is 21.8. The number of benzene rings is 2. The normalized spacial score (nSPS) is 11.0. The summed E-state index contributed by atoms with van der Waals surface area (Å²) in [6.45, 7) is 2.18. The van der Waals surface area contributed by atoms with E-state index >= 15 is 0 Å². The molecule has 2 amide bonds. The van der Waals surface area contributed by atoms with E-state index in [-0.39, 0.29) is 6.03 Å². The highest BCUT2D eigenvalue weighted by molar-refractivity contribution is 7.13. The Kier molecular flexibility index (Phi) is 6.31. The van der Waals surface area contributed by atoms with Crippen molar-refractivity contribution < 1.29 is 4.79 Å². The lowest BCUT2D eigenvalue weighted by Crippen LogP contribution is -2.19. The van der Waals surface area contributed by atoms with Crippen molar-refractivity contribution in [2.45, 2.75) is 26.2 Å². The number of amides is 2. The van der Waals surface area contributed by atoms with E-state index in [1.807, 2.05) is 66.0 Å². The fourth-order valence-electron chi connectivity index (χ4n) is 3.69. The molecule has 0 fully saturated rings. The summed E-state index contributed by atoms with van der Waals surface area (Å²) in [5, 5.41) is 21.1. The number of rotatable bonds is 7. The number of carbonyl (C=O) groups is 1. The summed E-state index contributed by atoms with van der Waals surface area (Å²) < 4.78 is 1.75. The highest BCUT2D eigenvalue weighted by atomic mass is 32.1. The largest absolute Gasteiger partial charge is 0.323 e. The number of carbonyl (C=O) groups excluding carboxylic acids is 1. The molecule has 2 aromatic carbocycles. The van der Waals surface area contributed by atoms with Gasteiger partial charge in [-0.2, -0.15) is 9.61 Å². The summed E-state index contributed by atoms with van der Waals surface area (Å²) in [7, 11) is 0. The van der Waals surface area contributed by atoms with Gasteiger partial charge in [0.1, 0.15) is 0 Å². The molecule has 0 spiro atoms. The zero-order chi connectivity index (χ0) is 23.3. The second-order valence-corrected chi connectivity index (χ2v) is 8.90. The van der Waals surface area contributed by atoms with Crippen LogP contribution in [0, 0.1) is 0 Å². The van der Waals surface area contributed by atoms with Crippen LogP contribution in [0.3, 0.4) is 0 Å². The summed E-state index contributed by atoms with van der Waals surface area (Å²) in [5.74, 6) is 0.709. The smallest absolute Gasteiger partial charge is 0.308 e. The maximum atomic E-state index is 12.5. The Labute approximate surface area is 201 Å². The Morgan fingerprint density at radius 1 is 0.941 bits per heavy atom. The molecular weight excluding hydrogens is 444 g/mol. The number of hydrogen-bond donors (Lipinski definition) is 2. The fourth-order valence-corrected chi connectivity index (χ4v) is 4.38. The lowest BCUT2D eigenvalue weighted by atomic mass is 10.1. The molecule has 0 radical (unpaired) electrons. The van der Waals surface area contributed by atoms with Crippen LogP contribution < -0.4 is 10.6 Å². The average molecular weight is 469 g/mol. The number of nitrogens with zero attached hydrogens (tertiary/aromatic N) is 4. The molecule has 8 heteroatoms. The van der Waals surface area contributed by atoms with Crippen molar-refractivity contribution in [3.63, 3.8) is 0 Å². The van der Waals surface area contributed by atoms with Crippen LogP contribution in [0.1, 0.15) is 25.3 Å². The minimum atomic E-state index is -0.291. The molecule has 0 bridgehead atoms. The van der Waals surface area contributed by atoms with Crippen LogP contribution >= 0.6 is 11.3 Å². The number of anilines is 2. The van der Waals surface area contributed by atoms with Crippen molar-refractivity contribution in [2.75, 3.05) is 10.6 Å². The monoisotopic (exact) mass is 468 g/mol. The van der Waals surface area contributed by atoms with Crippen molar-refractivity contribution in [3.05, 3.63) is 83.7 Å². The van der Waals surface area contributed by atoms with Gasteiger partial charge in [0.25, 0.3) is 0 Å². The topological polar surface area (TPSA) is 84.2 Å². The number of aryl methyl sites for hydroxylation is 1. The van der Waals surface area contributed by atoms with Crippen molar-refractivity contribution in [1.82, 2.24) is 19.8 Å². The number of urea groups is 1. The van der Waals surface area contributed by atoms with Crippen molar-refractivity contribution in [2.24, 2.45) is 0 Å². The highest BCUT2D eigenvalue weighted by Crippen LogP contribution is 2.25. The third-order valence-corrected chi connectivity index (χ3v) is 6.32. The molecule has 0 aliphatic rings. The summed E-state index contributed by atoms with van der Waals surface area (Å²) >= 11 is 1.59. The SMILES string of the molecule is CCCCc1ccc(NC(=O)Nc2cccc(-c3ccc4nnc(-c5cccs5)n4n3)c2)cc1. The van der Waals surface area contributed by atoms with Gasteiger partial charge in [0.05, 0.1) is 10.6 Å². The van der Waals surface area contributed by atoms with Gasteiger partial charge < -0.3 is 10.6 Å². The Bertz CT molecular complexity index is 1410. The maximum Gasteiger partial charge on any atom is 0.323 e. The summed E-state index contributed by atoms with van der Waals surface area (Å²) in [6, 6.07) is 23.1. The number of fused-ring (bicyclic) bond motifs is 1. The zero-order valence-electron chi connectivity index (χ0n) is 18.7. The Balaban J connectivity index is 1.31. The molecule has 5 aromatic rings. The third kappa shape index (κ3) is 4.82. The highest BCUT2D eigenvalue weighted by Gasteiger charge is 2.12. The summed E-state index contributed by atoms with van der Waals surface area (Å²) in [5.41, 5.74) is 5.04. The van der Waals surface area contributed by atoms with Gasteiger partial charge in [0, 0.05) is 16.9 Å². The van der Waals surface area contributed by atoms with Crippen LogP contribution in [-0.4, -0.2) is 25.8 Å². The van der Waals surface area contributed by atoms with Crippen LogP contribution in [0.25, 0.3) is 27.6 Å². The Hall–Kier alpha value is -4.04. The molecule has 0 saturated carbocycles. The lowest BCUT2D eigenvalue weighted by molar-refractivity contribution is 0.262. The maximum absolute atomic E-state index is 12.5. The summed E-state index contributed by atoms with van der Waals surface area (Å²) in [6.07, 6.45) is 3.39. The van der Waals surface area contributed by atoms with Gasteiger partial charge in [-0.3, -0.25) is 0 Å². The van der Waals surface area contributed by atoms with E-state index < -0.39 is 0 Å².